The lowest BCUT2D eigenvalue weighted by molar-refractivity contribution is 0.293. The molecule has 0 N–H and O–H groups in total. The quantitative estimate of drug-likeness (QED) is 0.108. The van der Waals surface area contributed by atoms with E-state index < -0.39 is 0 Å². The first kappa shape index (κ1) is 73.1. The summed E-state index contributed by atoms with van der Waals surface area (Å²) in [5.41, 5.74) is 21.1. The van der Waals surface area contributed by atoms with Crippen molar-refractivity contribution in [2.45, 2.75) is 261 Å². The standard InChI is InChI=1S/C90H120O4P2/c1-83(2,3)59-47-67(77(91-25)71(51-59)87(13,14)15)69-49-61(85(7,8)9)53-73(89(19,20)21)79(69)93-95-81-65(55-37-29-27-30-38-55)45-57-41-33-35-43-63(57)75(81)76-64-44-36-34-42-58(64)46-66(56-39-31-28-32-40-56)82(76)96-94-80-70(50-62(86(10,11)12)54-74(80)90(22,23)24)68-48-60(84(4,5)6)52-72(78(68)92-26)88(16,17)18/h27-32,37-40,45-54,57-58,63-64,95-96H,33-36,41-44H2,1-26H3. The number of allylic oxidation sites excluding steroid dienone is 8. The van der Waals surface area contributed by atoms with Gasteiger partial charge in [0.2, 0.25) is 0 Å². The Morgan fingerprint density at radius 1 is 0.312 bits per heavy atom. The van der Waals surface area contributed by atoms with E-state index in [9.17, 15) is 0 Å². The van der Waals surface area contributed by atoms with Crippen molar-refractivity contribution >= 4 is 28.8 Å². The Morgan fingerprint density at radius 3 is 0.833 bits per heavy atom. The molecule has 10 rings (SSSR count). The van der Waals surface area contributed by atoms with Crippen LogP contribution in [0.1, 0.15) is 273 Å². The van der Waals surface area contributed by atoms with Crippen LogP contribution in [0.4, 0.5) is 0 Å². The van der Waals surface area contributed by atoms with Gasteiger partial charge in [-0.1, -0.05) is 289 Å². The van der Waals surface area contributed by atoms with Crippen LogP contribution in [0.5, 0.6) is 23.0 Å². The molecule has 0 bridgehead atoms. The summed E-state index contributed by atoms with van der Waals surface area (Å²) in [5.74, 6) is 5.10. The molecule has 6 aromatic carbocycles. The van der Waals surface area contributed by atoms with Crippen LogP contribution in [0.25, 0.3) is 33.4 Å². The Labute approximate surface area is 586 Å². The number of rotatable bonds is 13. The van der Waals surface area contributed by atoms with E-state index in [-0.39, 0.29) is 60.9 Å². The van der Waals surface area contributed by atoms with Gasteiger partial charge in [-0.2, -0.15) is 0 Å². The van der Waals surface area contributed by atoms with Crippen molar-refractivity contribution in [3.8, 4) is 45.3 Å². The molecule has 0 aromatic heterocycles. The molecule has 6 atom stereocenters. The van der Waals surface area contributed by atoms with Crippen LogP contribution in [-0.4, -0.2) is 14.2 Å². The molecule has 0 aliphatic heterocycles. The van der Waals surface area contributed by atoms with E-state index >= 15 is 0 Å². The fourth-order valence-corrected chi connectivity index (χ4v) is 17.8. The smallest absolute Gasteiger partial charge is 0.135 e. The molecule has 96 heavy (non-hydrogen) atoms. The minimum absolute atomic E-state index is 0.0173. The van der Waals surface area contributed by atoms with Crippen LogP contribution in [0.3, 0.4) is 0 Å². The maximum absolute atomic E-state index is 8.21. The first-order valence-electron chi connectivity index (χ1n) is 36.4. The number of methoxy groups -OCH3 is 2. The van der Waals surface area contributed by atoms with E-state index in [4.69, 9.17) is 18.5 Å². The van der Waals surface area contributed by atoms with Gasteiger partial charge in [-0.3, -0.25) is 0 Å². The summed E-state index contributed by atoms with van der Waals surface area (Å²) < 4.78 is 29.9. The zero-order valence-electron chi connectivity index (χ0n) is 64.1. The first-order valence-corrected chi connectivity index (χ1v) is 38.2. The Bertz CT molecular complexity index is 3720. The lowest BCUT2D eigenvalue weighted by atomic mass is 9.62. The maximum atomic E-state index is 8.21. The molecule has 4 nitrogen and oxygen atoms in total. The van der Waals surface area contributed by atoms with Gasteiger partial charge in [-0.25, -0.2) is 0 Å². The Balaban J connectivity index is 1.33. The van der Waals surface area contributed by atoms with Gasteiger partial charge in [0.1, 0.15) is 40.6 Å². The van der Waals surface area contributed by atoms with Gasteiger partial charge in [-0.15, -0.1) is 0 Å². The van der Waals surface area contributed by atoms with Crippen molar-refractivity contribution < 1.29 is 18.5 Å². The highest BCUT2D eigenvalue weighted by Gasteiger charge is 2.45. The largest absolute Gasteiger partial charge is 0.496 e. The number of ether oxygens (including phenoxy) is 2. The summed E-state index contributed by atoms with van der Waals surface area (Å²) in [5, 5.41) is 2.70. The third kappa shape index (κ3) is 15.2. The number of hydrogen-bond donors (Lipinski definition) is 0. The summed E-state index contributed by atoms with van der Waals surface area (Å²) in [6.45, 7) is 56.4. The molecule has 4 aliphatic rings. The van der Waals surface area contributed by atoms with Crippen molar-refractivity contribution in [2.75, 3.05) is 14.2 Å². The highest BCUT2D eigenvalue weighted by atomic mass is 31.1. The SMILES string of the molecule is COc1c(-c2cc(C(C)(C)C)cc(C(C)(C)C)c2OPC2=C(C3=C(POc4c(-c5cc(C(C)(C)C)cc(C(C)(C)C)c5OC)cc(C(C)(C)C)cc4C(C)(C)C)C(c4ccccc4)=CC4CCCCC34)C3CCCCC3C=C2c2ccccc2)cc(C(C)(C)C)cc1C(C)(C)C. The van der Waals surface area contributed by atoms with Gasteiger partial charge >= 0.3 is 0 Å². The van der Waals surface area contributed by atoms with Gasteiger partial charge in [0.25, 0.3) is 0 Å². The summed E-state index contributed by atoms with van der Waals surface area (Å²) in [7, 11) is 3.70. The average Bonchev–Trinajstić information content (AvgIpc) is 0.737. The number of fused-ring (bicyclic) bond motifs is 2. The molecule has 6 heteroatoms. The Morgan fingerprint density at radius 2 is 0.573 bits per heavy atom. The van der Waals surface area contributed by atoms with Crippen molar-refractivity contribution in [1.82, 2.24) is 0 Å². The van der Waals surface area contributed by atoms with Crippen molar-refractivity contribution in [1.29, 1.82) is 0 Å². The van der Waals surface area contributed by atoms with Crippen molar-refractivity contribution in [3.05, 3.63) is 199 Å². The Hall–Kier alpha value is -5.66. The first-order chi connectivity index (χ1) is 44.6. The zero-order valence-corrected chi connectivity index (χ0v) is 66.1. The van der Waals surface area contributed by atoms with Crippen LogP contribution < -0.4 is 18.5 Å². The second kappa shape index (κ2) is 27.1. The van der Waals surface area contributed by atoms with Crippen LogP contribution in [0, 0.1) is 23.7 Å². The second-order valence-electron chi connectivity index (χ2n) is 37.0. The zero-order chi connectivity index (χ0) is 70.2. The van der Waals surface area contributed by atoms with Crippen LogP contribution in [0.15, 0.2) is 143 Å². The van der Waals surface area contributed by atoms with Gasteiger partial charge in [0, 0.05) is 55.1 Å². The minimum atomic E-state index is -0.279. The highest BCUT2D eigenvalue weighted by Crippen LogP contribution is 2.63. The van der Waals surface area contributed by atoms with E-state index in [0.717, 1.165) is 70.9 Å². The lowest BCUT2D eigenvalue weighted by Gasteiger charge is -2.45. The van der Waals surface area contributed by atoms with E-state index in [1.54, 1.807) is 0 Å². The fourth-order valence-electron chi connectivity index (χ4n) is 15.4. The molecular formula is C90H120O4P2. The predicted octanol–water partition coefficient (Wildman–Crippen LogP) is 26.4. The van der Waals surface area contributed by atoms with Gasteiger partial charge in [-0.05, 0) is 173 Å². The molecule has 514 valence electrons. The molecule has 0 radical (unpaired) electrons. The lowest BCUT2D eigenvalue weighted by Crippen LogP contribution is -2.32. The second-order valence-corrected chi connectivity index (χ2v) is 38.8. The monoisotopic (exact) mass is 1330 g/mol. The van der Waals surface area contributed by atoms with Gasteiger partial charge < -0.3 is 18.5 Å². The molecule has 4 aliphatic carbocycles. The summed E-state index contributed by atoms with van der Waals surface area (Å²) in [6.07, 6.45) is 14.9. The maximum Gasteiger partial charge on any atom is 0.135 e. The third-order valence-corrected chi connectivity index (χ3v) is 23.3. The van der Waals surface area contributed by atoms with E-state index in [1.165, 1.54) is 114 Å². The fraction of sp³-hybridized carbons (Fsp3) is 0.511. The van der Waals surface area contributed by atoms with Gasteiger partial charge in [0.15, 0.2) is 0 Å². The summed E-state index contributed by atoms with van der Waals surface area (Å²) in [6, 6.07) is 42.3. The molecular weight excluding hydrogens is 1210 g/mol. The normalized spacial score (nSPS) is 19.6. The summed E-state index contributed by atoms with van der Waals surface area (Å²) in [4.78, 5) is 0. The van der Waals surface area contributed by atoms with E-state index in [1.807, 2.05) is 14.2 Å². The van der Waals surface area contributed by atoms with Crippen LogP contribution in [0.2, 0.25) is 0 Å². The third-order valence-electron chi connectivity index (χ3n) is 21.2. The molecule has 0 saturated heterocycles. The van der Waals surface area contributed by atoms with Gasteiger partial charge in [0.05, 0.1) is 14.2 Å². The minimum Gasteiger partial charge on any atom is -0.496 e. The molecule has 6 aromatic rings. The average molecular weight is 1330 g/mol. The molecule has 6 unspecified atom stereocenters. The molecule has 2 fully saturated rings. The van der Waals surface area contributed by atoms with E-state index in [0.29, 0.717) is 23.7 Å². The topological polar surface area (TPSA) is 36.9 Å². The molecule has 0 amide bonds. The molecule has 2 saturated carbocycles. The molecule has 0 spiro atoms. The van der Waals surface area contributed by atoms with Crippen LogP contribution >= 0.6 is 17.6 Å². The van der Waals surface area contributed by atoms with Crippen molar-refractivity contribution in [2.24, 2.45) is 23.7 Å². The highest BCUT2D eigenvalue weighted by molar-refractivity contribution is 7.40. The van der Waals surface area contributed by atoms with Crippen LogP contribution in [-0.2, 0) is 43.3 Å². The number of benzene rings is 6. The van der Waals surface area contributed by atoms with Crippen molar-refractivity contribution in [3.63, 3.8) is 0 Å². The Kier molecular flexibility index (Phi) is 20.6. The van der Waals surface area contributed by atoms with E-state index in [2.05, 4.69) is 288 Å². The predicted molar refractivity (Wildman–Crippen MR) is 418 cm³/mol. The summed E-state index contributed by atoms with van der Waals surface area (Å²) >= 11 is 0. The number of hydrogen-bond acceptors (Lipinski definition) is 4. The molecule has 0 heterocycles.